The number of nitrogens with one attached hydrogen (secondary N) is 1. The second kappa shape index (κ2) is 8.17. The largest absolute Gasteiger partial charge is 0.349 e. The van der Waals surface area contributed by atoms with Crippen LogP contribution in [0.3, 0.4) is 0 Å². The van der Waals surface area contributed by atoms with Crippen molar-refractivity contribution in [2.45, 2.75) is 43.6 Å². The summed E-state index contributed by atoms with van der Waals surface area (Å²) in [6, 6.07) is 18.1. The molecule has 0 bridgehead atoms. The summed E-state index contributed by atoms with van der Waals surface area (Å²) < 4.78 is 0. The van der Waals surface area contributed by atoms with Crippen molar-refractivity contribution in [2.75, 3.05) is 5.75 Å². The fraction of sp³-hybridized carbons (Fsp3) is 0.364. The fourth-order valence-corrected chi connectivity index (χ4v) is 5.01. The summed E-state index contributed by atoms with van der Waals surface area (Å²) in [4.78, 5) is 26.7. The number of thioether (sulfide) groups is 1. The molecule has 5 heteroatoms. The van der Waals surface area contributed by atoms with Crippen LogP contribution in [-0.4, -0.2) is 28.5 Å². The molecule has 2 fully saturated rings. The quantitative estimate of drug-likeness (QED) is 0.848. The maximum Gasteiger partial charge on any atom is 0.251 e. The van der Waals surface area contributed by atoms with Gasteiger partial charge in [0.2, 0.25) is 5.91 Å². The Hall–Kier alpha value is -2.27. The first-order valence-electron chi connectivity index (χ1n) is 9.56. The summed E-state index contributed by atoms with van der Waals surface area (Å²) in [6.07, 6.45) is 4.57. The van der Waals surface area contributed by atoms with Crippen molar-refractivity contribution in [1.82, 2.24) is 10.2 Å². The molecule has 140 valence electrons. The first-order valence-corrected chi connectivity index (χ1v) is 10.6. The molecule has 1 saturated heterocycles. The Morgan fingerprint density at radius 1 is 1.04 bits per heavy atom. The number of rotatable bonds is 5. The van der Waals surface area contributed by atoms with Crippen LogP contribution in [0.15, 0.2) is 54.6 Å². The van der Waals surface area contributed by atoms with E-state index in [4.69, 9.17) is 0 Å². The van der Waals surface area contributed by atoms with E-state index in [1.165, 1.54) is 12.8 Å². The van der Waals surface area contributed by atoms with Crippen LogP contribution < -0.4 is 5.32 Å². The molecule has 1 atom stereocenters. The van der Waals surface area contributed by atoms with Gasteiger partial charge in [-0.15, -0.1) is 11.8 Å². The number of amides is 2. The Labute approximate surface area is 164 Å². The molecular formula is C22H24N2O2S. The zero-order valence-electron chi connectivity index (χ0n) is 15.3. The van der Waals surface area contributed by atoms with Gasteiger partial charge in [0.15, 0.2) is 0 Å². The van der Waals surface area contributed by atoms with E-state index < -0.39 is 0 Å². The van der Waals surface area contributed by atoms with Crippen LogP contribution in [0.5, 0.6) is 0 Å². The SMILES string of the molecule is O=C(NC1CCCC1)c1ccc([C@H]2SCC(=O)N2Cc2ccccc2)cc1. The first-order chi connectivity index (χ1) is 13.2. The van der Waals surface area contributed by atoms with Gasteiger partial charge in [0.25, 0.3) is 5.91 Å². The van der Waals surface area contributed by atoms with Crippen LogP contribution in [-0.2, 0) is 11.3 Å². The van der Waals surface area contributed by atoms with Crippen molar-refractivity contribution in [2.24, 2.45) is 0 Å². The number of carbonyl (C=O) groups is 2. The van der Waals surface area contributed by atoms with Crippen LogP contribution >= 0.6 is 11.8 Å². The minimum atomic E-state index is 0.00431. The molecule has 0 radical (unpaired) electrons. The van der Waals surface area contributed by atoms with Crippen molar-refractivity contribution < 1.29 is 9.59 Å². The van der Waals surface area contributed by atoms with Gasteiger partial charge in [-0.3, -0.25) is 9.59 Å². The molecule has 2 aliphatic rings. The average Bonchev–Trinajstić information content (AvgIpc) is 3.33. The molecule has 1 aliphatic heterocycles. The predicted octanol–water partition coefficient (Wildman–Crippen LogP) is 4.13. The van der Waals surface area contributed by atoms with E-state index in [0.29, 0.717) is 23.9 Å². The number of nitrogens with zero attached hydrogens (tertiary/aromatic N) is 1. The molecular weight excluding hydrogens is 356 g/mol. The number of hydrogen-bond acceptors (Lipinski definition) is 3. The lowest BCUT2D eigenvalue weighted by Gasteiger charge is -2.24. The molecule has 0 spiro atoms. The van der Waals surface area contributed by atoms with Crippen molar-refractivity contribution in [3.05, 3.63) is 71.3 Å². The third-order valence-corrected chi connectivity index (χ3v) is 6.57. The smallest absolute Gasteiger partial charge is 0.251 e. The summed E-state index contributed by atoms with van der Waals surface area (Å²) in [6.45, 7) is 0.612. The molecule has 4 rings (SSSR count). The maximum atomic E-state index is 12.4. The fourth-order valence-electron chi connectivity index (χ4n) is 3.82. The third kappa shape index (κ3) is 4.19. The highest BCUT2D eigenvalue weighted by Gasteiger charge is 2.32. The van der Waals surface area contributed by atoms with E-state index in [0.717, 1.165) is 24.0 Å². The molecule has 1 heterocycles. The Kier molecular flexibility index (Phi) is 5.48. The van der Waals surface area contributed by atoms with Crippen LogP contribution in [0.25, 0.3) is 0 Å². The molecule has 1 saturated carbocycles. The van der Waals surface area contributed by atoms with E-state index in [-0.39, 0.29) is 17.2 Å². The zero-order valence-corrected chi connectivity index (χ0v) is 16.1. The summed E-state index contributed by atoms with van der Waals surface area (Å²) in [5.41, 5.74) is 2.89. The molecule has 0 aromatic heterocycles. The average molecular weight is 381 g/mol. The van der Waals surface area contributed by atoms with Crippen LogP contribution in [0, 0.1) is 0 Å². The molecule has 2 aromatic rings. The topological polar surface area (TPSA) is 49.4 Å². The maximum absolute atomic E-state index is 12.4. The van der Waals surface area contributed by atoms with Crippen molar-refractivity contribution in [3.63, 3.8) is 0 Å². The van der Waals surface area contributed by atoms with Gasteiger partial charge in [0.1, 0.15) is 5.37 Å². The van der Waals surface area contributed by atoms with Crippen LogP contribution in [0.4, 0.5) is 0 Å². The summed E-state index contributed by atoms with van der Waals surface area (Å²) >= 11 is 1.65. The lowest BCUT2D eigenvalue weighted by atomic mass is 10.1. The van der Waals surface area contributed by atoms with Crippen LogP contribution in [0.1, 0.15) is 52.5 Å². The second-order valence-corrected chi connectivity index (χ2v) is 8.32. The number of benzene rings is 2. The first kappa shape index (κ1) is 18.1. The molecule has 1 N–H and O–H groups in total. The highest BCUT2D eigenvalue weighted by Crippen LogP contribution is 2.39. The van der Waals surface area contributed by atoms with E-state index in [9.17, 15) is 9.59 Å². The lowest BCUT2D eigenvalue weighted by molar-refractivity contribution is -0.128. The van der Waals surface area contributed by atoms with Crippen molar-refractivity contribution >= 4 is 23.6 Å². The predicted molar refractivity (Wildman–Crippen MR) is 108 cm³/mol. The Bertz CT molecular complexity index is 801. The Balaban J connectivity index is 1.45. The molecule has 27 heavy (non-hydrogen) atoms. The van der Waals surface area contributed by atoms with Gasteiger partial charge in [-0.05, 0) is 36.1 Å². The van der Waals surface area contributed by atoms with Gasteiger partial charge in [-0.25, -0.2) is 0 Å². The summed E-state index contributed by atoms with van der Waals surface area (Å²) in [7, 11) is 0. The van der Waals surface area contributed by atoms with E-state index in [2.05, 4.69) is 5.32 Å². The molecule has 0 unspecified atom stereocenters. The highest BCUT2D eigenvalue weighted by molar-refractivity contribution is 8.00. The van der Waals surface area contributed by atoms with Gasteiger partial charge < -0.3 is 10.2 Å². The van der Waals surface area contributed by atoms with Crippen molar-refractivity contribution in [1.29, 1.82) is 0 Å². The molecule has 2 aromatic carbocycles. The van der Waals surface area contributed by atoms with E-state index in [1.807, 2.05) is 59.5 Å². The molecule has 2 amide bonds. The number of carbonyl (C=O) groups excluding carboxylic acids is 2. The van der Waals surface area contributed by atoms with E-state index in [1.54, 1.807) is 11.8 Å². The molecule has 4 nitrogen and oxygen atoms in total. The van der Waals surface area contributed by atoms with Crippen LogP contribution in [0.2, 0.25) is 0 Å². The Morgan fingerprint density at radius 2 is 1.74 bits per heavy atom. The minimum absolute atomic E-state index is 0.00431. The van der Waals surface area contributed by atoms with Gasteiger partial charge in [-0.1, -0.05) is 55.3 Å². The standard InChI is InChI=1S/C22H24N2O2S/c25-20-15-27-22(24(20)14-16-6-2-1-3-7-16)18-12-10-17(11-13-18)21(26)23-19-8-4-5-9-19/h1-3,6-7,10-13,19,22H,4-5,8-9,14-15H2,(H,23,26)/t22-/m1/s1. The highest BCUT2D eigenvalue weighted by atomic mass is 32.2. The third-order valence-electron chi connectivity index (χ3n) is 5.31. The van der Waals surface area contributed by atoms with Gasteiger partial charge in [0.05, 0.1) is 5.75 Å². The normalized spacial score (nSPS) is 20.2. The van der Waals surface area contributed by atoms with Gasteiger partial charge in [-0.2, -0.15) is 0 Å². The van der Waals surface area contributed by atoms with Crippen molar-refractivity contribution in [3.8, 4) is 0 Å². The summed E-state index contributed by atoms with van der Waals surface area (Å²) in [5, 5.41) is 3.13. The summed E-state index contributed by atoms with van der Waals surface area (Å²) in [5.74, 6) is 0.670. The minimum Gasteiger partial charge on any atom is -0.349 e. The second-order valence-electron chi connectivity index (χ2n) is 7.25. The monoisotopic (exact) mass is 380 g/mol. The molecule has 1 aliphatic carbocycles. The van der Waals surface area contributed by atoms with Gasteiger partial charge >= 0.3 is 0 Å². The van der Waals surface area contributed by atoms with Gasteiger partial charge in [0, 0.05) is 18.2 Å². The lowest BCUT2D eigenvalue weighted by Crippen LogP contribution is -2.32. The number of hydrogen-bond donors (Lipinski definition) is 1. The Morgan fingerprint density at radius 3 is 2.44 bits per heavy atom. The van der Waals surface area contributed by atoms with E-state index >= 15 is 0 Å². The zero-order chi connectivity index (χ0) is 18.6.